The normalized spacial score (nSPS) is 26.4. The Bertz CT molecular complexity index is 890. The number of aromatic nitrogens is 2. The second-order valence-electron chi connectivity index (χ2n) is 9.31. The Morgan fingerprint density at radius 2 is 1.81 bits per heavy atom. The predicted octanol–water partition coefficient (Wildman–Crippen LogP) is 3.38. The number of morpholine rings is 1. The fourth-order valence-electron chi connectivity index (χ4n) is 5.26. The lowest BCUT2D eigenvalue weighted by molar-refractivity contribution is 0.0270. The van der Waals surface area contributed by atoms with Gasteiger partial charge in [0.05, 0.1) is 29.8 Å². The highest BCUT2D eigenvalue weighted by molar-refractivity contribution is 7.20. The number of nitrogens with one attached hydrogen (secondary N) is 1. The molecular weight excluding hydrogens is 412 g/mol. The molecule has 0 bridgehead atoms. The van der Waals surface area contributed by atoms with Gasteiger partial charge < -0.3 is 14.8 Å². The van der Waals surface area contributed by atoms with E-state index in [4.69, 9.17) is 14.6 Å². The first kappa shape index (κ1) is 21.4. The fraction of sp³-hybridized carbons (Fsp3) is 0.739. The van der Waals surface area contributed by atoms with E-state index >= 15 is 0 Å². The van der Waals surface area contributed by atoms with Gasteiger partial charge in [-0.2, -0.15) is 5.10 Å². The molecule has 2 aliphatic heterocycles. The Balaban J connectivity index is 1.18. The van der Waals surface area contributed by atoms with Gasteiger partial charge in [0.25, 0.3) is 5.91 Å². The highest BCUT2D eigenvalue weighted by Gasteiger charge is 2.27. The maximum atomic E-state index is 13.0. The summed E-state index contributed by atoms with van der Waals surface area (Å²) in [6.45, 7) is 8.67. The van der Waals surface area contributed by atoms with Crippen LogP contribution in [0.1, 0.15) is 59.9 Å². The lowest BCUT2D eigenvalue weighted by atomic mass is 9.85. The van der Waals surface area contributed by atoms with Gasteiger partial charge in [-0.15, -0.1) is 11.3 Å². The summed E-state index contributed by atoms with van der Waals surface area (Å²) in [5.74, 6) is 0.833. The van der Waals surface area contributed by atoms with Crippen molar-refractivity contribution in [2.45, 2.75) is 57.5 Å². The molecule has 8 heteroatoms. The molecule has 7 nitrogen and oxygen atoms in total. The summed E-state index contributed by atoms with van der Waals surface area (Å²) in [6.07, 6.45) is 6.55. The highest BCUT2D eigenvalue weighted by Crippen LogP contribution is 2.33. The molecule has 0 atom stereocenters. The third-order valence-corrected chi connectivity index (χ3v) is 8.25. The van der Waals surface area contributed by atoms with Crippen LogP contribution >= 0.6 is 11.3 Å². The van der Waals surface area contributed by atoms with Crippen molar-refractivity contribution in [1.29, 1.82) is 0 Å². The molecule has 0 spiro atoms. The third-order valence-electron chi connectivity index (χ3n) is 7.13. The average Bonchev–Trinajstić information content (AvgIpc) is 3.37. The van der Waals surface area contributed by atoms with E-state index in [-0.39, 0.29) is 5.91 Å². The van der Waals surface area contributed by atoms with Crippen molar-refractivity contribution in [2.24, 2.45) is 5.92 Å². The summed E-state index contributed by atoms with van der Waals surface area (Å²) >= 11 is 1.59. The first-order chi connectivity index (χ1) is 15.2. The van der Waals surface area contributed by atoms with Crippen molar-refractivity contribution < 1.29 is 14.3 Å². The zero-order chi connectivity index (χ0) is 21.2. The number of amides is 1. The van der Waals surface area contributed by atoms with Crippen LogP contribution in [0.5, 0.6) is 0 Å². The van der Waals surface area contributed by atoms with Crippen molar-refractivity contribution in [3.8, 4) is 0 Å². The van der Waals surface area contributed by atoms with Gasteiger partial charge >= 0.3 is 0 Å². The van der Waals surface area contributed by atoms with E-state index in [1.54, 1.807) is 11.3 Å². The summed E-state index contributed by atoms with van der Waals surface area (Å²) in [5, 5.41) is 9.21. The Morgan fingerprint density at radius 1 is 1.10 bits per heavy atom. The summed E-state index contributed by atoms with van der Waals surface area (Å²) in [6, 6.07) is 2.71. The lowest BCUT2D eigenvalue weighted by Gasteiger charge is -2.34. The minimum Gasteiger partial charge on any atom is -0.381 e. The van der Waals surface area contributed by atoms with Gasteiger partial charge in [0.2, 0.25) is 0 Å². The molecule has 5 rings (SSSR count). The van der Waals surface area contributed by atoms with Crippen molar-refractivity contribution in [2.75, 3.05) is 46.1 Å². The van der Waals surface area contributed by atoms with Crippen molar-refractivity contribution in [3.05, 3.63) is 16.6 Å². The maximum Gasteiger partial charge on any atom is 0.261 e. The molecule has 1 amide bonds. The van der Waals surface area contributed by atoms with Crippen LogP contribution < -0.4 is 5.32 Å². The molecule has 31 heavy (non-hydrogen) atoms. The number of carbonyl (C=O) groups is 1. The van der Waals surface area contributed by atoms with Gasteiger partial charge in [-0.25, -0.2) is 0 Å². The summed E-state index contributed by atoms with van der Waals surface area (Å²) < 4.78 is 13.1. The smallest absolute Gasteiger partial charge is 0.261 e. The first-order valence-corrected chi connectivity index (χ1v) is 12.7. The van der Waals surface area contributed by atoms with Crippen LogP contribution in [-0.2, 0) is 9.47 Å². The van der Waals surface area contributed by atoms with E-state index in [1.165, 1.54) is 19.4 Å². The largest absolute Gasteiger partial charge is 0.381 e. The molecule has 1 saturated carbocycles. The number of nitrogens with zero attached hydrogens (tertiary/aromatic N) is 3. The molecule has 0 radical (unpaired) electrons. The minimum atomic E-state index is 0.0794. The number of rotatable bonds is 5. The Hall–Kier alpha value is -1.48. The molecule has 2 aromatic heterocycles. The number of ether oxygens (including phenoxy) is 2. The van der Waals surface area contributed by atoms with Gasteiger partial charge in [0, 0.05) is 44.3 Å². The molecule has 1 N–H and O–H groups in total. The van der Waals surface area contributed by atoms with Gasteiger partial charge in [-0.1, -0.05) is 0 Å². The van der Waals surface area contributed by atoms with Crippen LogP contribution in [-0.4, -0.2) is 72.7 Å². The maximum absolute atomic E-state index is 13.0. The minimum absolute atomic E-state index is 0.0794. The topological polar surface area (TPSA) is 68.6 Å². The van der Waals surface area contributed by atoms with Gasteiger partial charge in [0.15, 0.2) is 0 Å². The van der Waals surface area contributed by atoms with Crippen LogP contribution in [0.4, 0.5) is 0 Å². The fourth-order valence-corrected chi connectivity index (χ4v) is 6.39. The van der Waals surface area contributed by atoms with Gasteiger partial charge in [-0.3, -0.25) is 14.4 Å². The Morgan fingerprint density at radius 3 is 2.55 bits per heavy atom. The zero-order valence-corrected chi connectivity index (χ0v) is 19.3. The molecule has 0 aromatic carbocycles. The van der Waals surface area contributed by atoms with Crippen molar-refractivity contribution >= 4 is 27.5 Å². The molecule has 3 fully saturated rings. The molecule has 4 heterocycles. The zero-order valence-electron chi connectivity index (χ0n) is 18.5. The van der Waals surface area contributed by atoms with E-state index in [1.807, 2.05) is 13.0 Å². The molecule has 0 unspecified atom stereocenters. The number of hydrogen-bond acceptors (Lipinski definition) is 6. The van der Waals surface area contributed by atoms with Gasteiger partial charge in [0.1, 0.15) is 4.83 Å². The van der Waals surface area contributed by atoms with E-state index in [2.05, 4.69) is 14.9 Å². The second kappa shape index (κ2) is 9.57. The van der Waals surface area contributed by atoms with E-state index in [0.29, 0.717) is 12.1 Å². The Kier molecular flexibility index (Phi) is 6.59. The predicted molar refractivity (Wildman–Crippen MR) is 122 cm³/mol. The molecular formula is C23H34N4O3S. The quantitative estimate of drug-likeness (QED) is 0.763. The van der Waals surface area contributed by atoms with E-state index in [9.17, 15) is 4.79 Å². The number of hydrogen-bond donors (Lipinski definition) is 1. The summed E-state index contributed by atoms with van der Waals surface area (Å²) in [4.78, 5) is 17.5. The number of carbonyl (C=O) groups excluding carboxylic acids is 1. The highest BCUT2D eigenvalue weighted by atomic mass is 32.1. The van der Waals surface area contributed by atoms with Crippen LogP contribution in [0.2, 0.25) is 0 Å². The Labute approximate surface area is 188 Å². The monoisotopic (exact) mass is 446 g/mol. The second-order valence-corrected chi connectivity index (χ2v) is 10.3. The summed E-state index contributed by atoms with van der Waals surface area (Å²) in [7, 11) is 0. The van der Waals surface area contributed by atoms with E-state index in [0.717, 1.165) is 91.9 Å². The average molecular weight is 447 g/mol. The molecule has 1 aliphatic carbocycles. The molecule has 170 valence electrons. The van der Waals surface area contributed by atoms with E-state index < -0.39 is 0 Å². The number of thiophene rings is 1. The third kappa shape index (κ3) is 4.82. The molecule has 2 aromatic rings. The first-order valence-electron chi connectivity index (χ1n) is 11.8. The SMILES string of the molecule is Cc1nn(C2CCOCC2)c2sc(C(=O)N[C@H]3CC[C@H](CN4CCOCC4)CC3)cc12. The standard InChI is InChI=1S/C23H34N4O3S/c1-16-20-14-21(31-23(20)27(25-16)19-6-10-29-11-7-19)22(28)24-18-4-2-17(3-5-18)15-26-8-12-30-13-9-26/h14,17-19H,2-13,15H2,1H3,(H,24,28)/t17-,18-. The molecule has 2 saturated heterocycles. The number of fused-ring (bicyclic) bond motifs is 1. The van der Waals surface area contributed by atoms with Crippen LogP contribution in [0.3, 0.4) is 0 Å². The summed E-state index contributed by atoms with van der Waals surface area (Å²) in [5.41, 5.74) is 1.01. The van der Waals surface area contributed by atoms with Crippen LogP contribution in [0, 0.1) is 12.8 Å². The molecule has 3 aliphatic rings. The number of aryl methyl sites for hydroxylation is 1. The van der Waals surface area contributed by atoms with Crippen LogP contribution in [0.25, 0.3) is 10.2 Å². The van der Waals surface area contributed by atoms with Crippen LogP contribution in [0.15, 0.2) is 6.07 Å². The lowest BCUT2D eigenvalue weighted by Crippen LogP contribution is -2.42. The van der Waals surface area contributed by atoms with Gasteiger partial charge in [-0.05, 0) is 57.4 Å². The van der Waals surface area contributed by atoms with Crippen molar-refractivity contribution in [3.63, 3.8) is 0 Å². The van der Waals surface area contributed by atoms with Crippen molar-refractivity contribution in [1.82, 2.24) is 20.0 Å².